The molecular formula is C11H15ClN4O. The fourth-order valence-corrected chi connectivity index (χ4v) is 2.14. The zero-order valence-corrected chi connectivity index (χ0v) is 10.8. The molecule has 0 spiro atoms. The summed E-state index contributed by atoms with van der Waals surface area (Å²) in [6.45, 7) is 1.89. The number of hydrogen-bond acceptors (Lipinski definition) is 3. The highest BCUT2D eigenvalue weighted by Gasteiger charge is 2.18. The molecule has 2 rings (SSSR count). The van der Waals surface area contributed by atoms with Crippen LogP contribution in [-0.2, 0) is 20.5 Å². The Kier molecular flexibility index (Phi) is 3.22. The normalized spacial score (nSPS) is 13.0. The van der Waals surface area contributed by atoms with E-state index in [1.807, 2.05) is 14.0 Å². The van der Waals surface area contributed by atoms with E-state index in [0.717, 1.165) is 17.0 Å². The Labute approximate surface area is 105 Å². The van der Waals surface area contributed by atoms with Crippen LogP contribution in [0.3, 0.4) is 0 Å². The third kappa shape index (κ3) is 2.21. The first-order valence-corrected chi connectivity index (χ1v) is 5.70. The monoisotopic (exact) mass is 254 g/mol. The van der Waals surface area contributed by atoms with Gasteiger partial charge in [0, 0.05) is 26.1 Å². The van der Waals surface area contributed by atoms with E-state index in [2.05, 4.69) is 10.1 Å². The molecule has 0 aromatic carbocycles. The van der Waals surface area contributed by atoms with E-state index in [4.69, 9.17) is 11.6 Å². The smallest absolute Gasteiger partial charge is 0.130 e. The van der Waals surface area contributed by atoms with Crippen molar-refractivity contribution in [3.8, 4) is 0 Å². The van der Waals surface area contributed by atoms with Crippen LogP contribution in [0.25, 0.3) is 0 Å². The minimum Gasteiger partial charge on any atom is -0.386 e. The highest BCUT2D eigenvalue weighted by Crippen LogP contribution is 2.25. The molecule has 5 nitrogen and oxygen atoms in total. The number of hydrogen-bond donors (Lipinski definition) is 1. The van der Waals surface area contributed by atoms with Crippen molar-refractivity contribution in [1.82, 2.24) is 19.3 Å². The second-order valence-electron chi connectivity index (χ2n) is 4.13. The third-order valence-electron chi connectivity index (χ3n) is 2.86. The number of rotatable bonds is 3. The summed E-state index contributed by atoms with van der Waals surface area (Å²) in [7, 11) is 3.64. The lowest BCUT2D eigenvalue weighted by atomic mass is 10.1. The molecule has 0 bridgehead atoms. The van der Waals surface area contributed by atoms with Crippen molar-refractivity contribution < 1.29 is 5.11 Å². The Bertz CT molecular complexity index is 532. The van der Waals surface area contributed by atoms with E-state index < -0.39 is 6.10 Å². The van der Waals surface area contributed by atoms with Gasteiger partial charge in [0.2, 0.25) is 0 Å². The van der Waals surface area contributed by atoms with Crippen LogP contribution in [0.15, 0.2) is 12.5 Å². The first kappa shape index (κ1) is 12.1. The van der Waals surface area contributed by atoms with Crippen LogP contribution in [0, 0.1) is 6.92 Å². The van der Waals surface area contributed by atoms with E-state index in [9.17, 15) is 5.11 Å². The van der Waals surface area contributed by atoms with Crippen molar-refractivity contribution in [2.24, 2.45) is 14.1 Å². The zero-order valence-electron chi connectivity index (χ0n) is 10.1. The summed E-state index contributed by atoms with van der Waals surface area (Å²) in [5.74, 6) is 0. The van der Waals surface area contributed by atoms with E-state index in [0.29, 0.717) is 11.6 Å². The van der Waals surface area contributed by atoms with Gasteiger partial charge in [-0.3, -0.25) is 4.68 Å². The van der Waals surface area contributed by atoms with Crippen molar-refractivity contribution >= 4 is 11.6 Å². The number of halogens is 1. The molecular weight excluding hydrogens is 240 g/mol. The SMILES string of the molecule is Cc1nn(C)c(Cl)c1CC(O)c1cncn1C. The molecule has 0 radical (unpaired) electrons. The molecule has 2 aromatic rings. The molecule has 0 amide bonds. The summed E-state index contributed by atoms with van der Waals surface area (Å²) >= 11 is 6.13. The molecule has 1 unspecified atom stereocenters. The number of nitrogens with zero attached hydrogens (tertiary/aromatic N) is 4. The Hall–Kier alpha value is -1.33. The number of aryl methyl sites for hydroxylation is 3. The van der Waals surface area contributed by atoms with Crippen molar-refractivity contribution in [2.75, 3.05) is 0 Å². The molecule has 2 aromatic heterocycles. The van der Waals surface area contributed by atoms with Crippen LogP contribution in [0.2, 0.25) is 5.15 Å². The van der Waals surface area contributed by atoms with Gasteiger partial charge in [-0.1, -0.05) is 11.6 Å². The lowest BCUT2D eigenvalue weighted by molar-refractivity contribution is 0.170. The molecule has 0 aliphatic rings. The molecule has 0 aliphatic heterocycles. The second kappa shape index (κ2) is 4.50. The first-order valence-electron chi connectivity index (χ1n) is 5.33. The van der Waals surface area contributed by atoms with E-state index in [1.54, 1.807) is 28.8 Å². The van der Waals surface area contributed by atoms with E-state index in [-0.39, 0.29) is 0 Å². The van der Waals surface area contributed by atoms with Gasteiger partial charge in [0.05, 0.1) is 30.0 Å². The predicted octanol–water partition coefficient (Wildman–Crippen LogP) is 1.39. The van der Waals surface area contributed by atoms with Gasteiger partial charge in [-0.2, -0.15) is 5.10 Å². The molecule has 0 fully saturated rings. The molecule has 92 valence electrons. The largest absolute Gasteiger partial charge is 0.386 e. The minimum absolute atomic E-state index is 0.443. The maximum Gasteiger partial charge on any atom is 0.130 e. The Morgan fingerprint density at radius 3 is 2.65 bits per heavy atom. The lowest BCUT2D eigenvalue weighted by Crippen LogP contribution is -2.07. The summed E-state index contributed by atoms with van der Waals surface area (Å²) in [4.78, 5) is 3.98. The summed E-state index contributed by atoms with van der Waals surface area (Å²) in [5.41, 5.74) is 2.49. The highest BCUT2D eigenvalue weighted by atomic mass is 35.5. The van der Waals surface area contributed by atoms with Gasteiger partial charge in [0.25, 0.3) is 0 Å². The standard InChI is InChI=1S/C11H15ClN4O/c1-7-8(11(12)16(3)14-7)4-10(17)9-5-13-6-15(9)2/h5-6,10,17H,4H2,1-3H3. The number of aliphatic hydroxyl groups excluding tert-OH is 1. The first-order chi connectivity index (χ1) is 8.00. The van der Waals surface area contributed by atoms with Gasteiger partial charge in [0.1, 0.15) is 5.15 Å². The number of aliphatic hydroxyl groups is 1. The van der Waals surface area contributed by atoms with Gasteiger partial charge < -0.3 is 9.67 Å². The molecule has 0 saturated carbocycles. The van der Waals surface area contributed by atoms with Crippen LogP contribution < -0.4 is 0 Å². The van der Waals surface area contributed by atoms with Crippen LogP contribution in [-0.4, -0.2) is 24.4 Å². The lowest BCUT2D eigenvalue weighted by Gasteiger charge is -2.10. The van der Waals surface area contributed by atoms with Crippen molar-refractivity contribution in [2.45, 2.75) is 19.4 Å². The maximum atomic E-state index is 10.1. The van der Waals surface area contributed by atoms with Crippen molar-refractivity contribution in [1.29, 1.82) is 0 Å². The maximum absolute atomic E-state index is 10.1. The van der Waals surface area contributed by atoms with Gasteiger partial charge in [-0.25, -0.2) is 4.98 Å². The van der Waals surface area contributed by atoms with Gasteiger partial charge in [-0.05, 0) is 6.92 Å². The molecule has 17 heavy (non-hydrogen) atoms. The summed E-state index contributed by atoms with van der Waals surface area (Å²) in [5, 5.41) is 14.9. The number of aromatic nitrogens is 4. The average Bonchev–Trinajstić information content (AvgIpc) is 2.78. The Morgan fingerprint density at radius 1 is 1.47 bits per heavy atom. The minimum atomic E-state index is -0.622. The van der Waals surface area contributed by atoms with E-state index in [1.165, 1.54) is 0 Å². The van der Waals surface area contributed by atoms with Crippen LogP contribution in [0.1, 0.15) is 23.1 Å². The predicted molar refractivity (Wildman–Crippen MR) is 64.8 cm³/mol. The fourth-order valence-electron chi connectivity index (χ4n) is 1.89. The fraction of sp³-hybridized carbons (Fsp3) is 0.455. The Morgan fingerprint density at radius 2 is 2.18 bits per heavy atom. The molecule has 1 atom stereocenters. The molecule has 0 saturated heterocycles. The molecule has 6 heteroatoms. The molecule has 1 N–H and O–H groups in total. The van der Waals surface area contributed by atoms with Crippen molar-refractivity contribution in [3.05, 3.63) is 34.6 Å². The zero-order chi connectivity index (χ0) is 12.6. The van der Waals surface area contributed by atoms with Gasteiger partial charge in [0.15, 0.2) is 0 Å². The summed E-state index contributed by atoms with van der Waals surface area (Å²) < 4.78 is 3.41. The molecule has 0 aliphatic carbocycles. The van der Waals surface area contributed by atoms with Crippen LogP contribution in [0.4, 0.5) is 0 Å². The van der Waals surface area contributed by atoms with Crippen molar-refractivity contribution in [3.63, 3.8) is 0 Å². The summed E-state index contributed by atoms with van der Waals surface area (Å²) in [6, 6.07) is 0. The van der Waals surface area contributed by atoms with E-state index >= 15 is 0 Å². The quantitative estimate of drug-likeness (QED) is 0.901. The van der Waals surface area contributed by atoms with Crippen LogP contribution in [0.5, 0.6) is 0 Å². The van der Waals surface area contributed by atoms with Gasteiger partial charge in [-0.15, -0.1) is 0 Å². The topological polar surface area (TPSA) is 55.9 Å². The van der Waals surface area contributed by atoms with Crippen LogP contribution >= 0.6 is 11.6 Å². The third-order valence-corrected chi connectivity index (χ3v) is 3.34. The highest BCUT2D eigenvalue weighted by molar-refractivity contribution is 6.30. The second-order valence-corrected chi connectivity index (χ2v) is 4.49. The molecule has 2 heterocycles. The van der Waals surface area contributed by atoms with Gasteiger partial charge >= 0.3 is 0 Å². The Balaban J connectivity index is 2.24. The summed E-state index contributed by atoms with van der Waals surface area (Å²) in [6.07, 6.45) is 3.14. The number of imidazole rings is 1. The average molecular weight is 255 g/mol.